The molecule has 0 atom stereocenters. The standard InChI is InChI=1S/C20H19N5/c1-2-6-14(7-3-1)12-25-11-10-17-18(13-25)22-20(21-17)19-15-8-4-5-9-16(15)23-24-19/h1-9H,10-13H2,(H,21,22)(H,23,24). The van der Waals surface area contributed by atoms with Gasteiger partial charge in [-0.05, 0) is 11.6 Å². The van der Waals surface area contributed by atoms with Crippen LogP contribution >= 0.6 is 0 Å². The van der Waals surface area contributed by atoms with Gasteiger partial charge < -0.3 is 4.98 Å². The third-order valence-corrected chi connectivity index (χ3v) is 4.85. The van der Waals surface area contributed by atoms with Crippen molar-refractivity contribution < 1.29 is 0 Å². The third kappa shape index (κ3) is 2.62. The van der Waals surface area contributed by atoms with Crippen LogP contribution in [-0.4, -0.2) is 31.6 Å². The number of para-hydroxylation sites is 1. The van der Waals surface area contributed by atoms with E-state index in [0.717, 1.165) is 48.5 Å². The van der Waals surface area contributed by atoms with Crippen molar-refractivity contribution in [3.63, 3.8) is 0 Å². The molecule has 5 heteroatoms. The highest BCUT2D eigenvalue weighted by atomic mass is 15.2. The molecule has 0 aliphatic carbocycles. The number of rotatable bonds is 3. The molecule has 0 spiro atoms. The zero-order chi connectivity index (χ0) is 16.6. The number of hydrogen-bond acceptors (Lipinski definition) is 3. The Hall–Kier alpha value is -2.92. The molecule has 0 saturated carbocycles. The van der Waals surface area contributed by atoms with Crippen molar-refractivity contribution in [2.45, 2.75) is 19.5 Å². The molecule has 2 aromatic heterocycles. The Balaban J connectivity index is 1.42. The first-order chi connectivity index (χ1) is 12.4. The first-order valence-electron chi connectivity index (χ1n) is 8.64. The van der Waals surface area contributed by atoms with E-state index in [4.69, 9.17) is 4.98 Å². The summed E-state index contributed by atoms with van der Waals surface area (Å²) in [6, 6.07) is 18.8. The highest BCUT2D eigenvalue weighted by Crippen LogP contribution is 2.27. The molecular weight excluding hydrogens is 310 g/mol. The predicted octanol–water partition coefficient (Wildman–Crippen LogP) is 3.51. The van der Waals surface area contributed by atoms with Gasteiger partial charge in [0.2, 0.25) is 0 Å². The second kappa shape index (κ2) is 5.86. The van der Waals surface area contributed by atoms with Gasteiger partial charge in [0, 0.05) is 31.4 Å². The first kappa shape index (κ1) is 14.4. The molecule has 0 bridgehead atoms. The van der Waals surface area contributed by atoms with Crippen LogP contribution in [0.3, 0.4) is 0 Å². The number of fused-ring (bicyclic) bond motifs is 2. The van der Waals surface area contributed by atoms with E-state index in [0.29, 0.717) is 0 Å². The average Bonchev–Trinajstić information content (AvgIpc) is 3.26. The zero-order valence-corrected chi connectivity index (χ0v) is 13.9. The first-order valence-corrected chi connectivity index (χ1v) is 8.64. The van der Waals surface area contributed by atoms with E-state index in [1.807, 2.05) is 18.2 Å². The molecule has 5 rings (SSSR count). The Kier molecular flexibility index (Phi) is 3.38. The number of aromatic amines is 2. The number of aromatic nitrogens is 4. The van der Waals surface area contributed by atoms with Crippen molar-refractivity contribution in [2.75, 3.05) is 6.54 Å². The number of nitrogens with zero attached hydrogens (tertiary/aromatic N) is 3. The summed E-state index contributed by atoms with van der Waals surface area (Å²) in [7, 11) is 0. The Morgan fingerprint density at radius 1 is 1.00 bits per heavy atom. The molecule has 25 heavy (non-hydrogen) atoms. The number of nitrogens with one attached hydrogen (secondary N) is 2. The van der Waals surface area contributed by atoms with Crippen molar-refractivity contribution in [1.82, 2.24) is 25.1 Å². The minimum atomic E-state index is 0.865. The lowest BCUT2D eigenvalue weighted by molar-refractivity contribution is 0.241. The van der Waals surface area contributed by atoms with E-state index in [1.165, 1.54) is 17.0 Å². The van der Waals surface area contributed by atoms with E-state index in [-0.39, 0.29) is 0 Å². The molecule has 1 aliphatic heterocycles. The second-order valence-corrected chi connectivity index (χ2v) is 6.57. The molecule has 4 aromatic rings. The van der Waals surface area contributed by atoms with Crippen LogP contribution in [-0.2, 0) is 19.5 Å². The van der Waals surface area contributed by atoms with Crippen molar-refractivity contribution in [3.8, 4) is 11.5 Å². The van der Waals surface area contributed by atoms with Crippen LogP contribution in [0, 0.1) is 0 Å². The summed E-state index contributed by atoms with van der Waals surface area (Å²) in [6.45, 7) is 2.91. The lowest BCUT2D eigenvalue weighted by Crippen LogP contribution is -2.30. The molecule has 2 N–H and O–H groups in total. The maximum Gasteiger partial charge on any atom is 0.159 e. The van der Waals surface area contributed by atoms with Gasteiger partial charge >= 0.3 is 0 Å². The average molecular weight is 329 g/mol. The number of hydrogen-bond donors (Lipinski definition) is 2. The van der Waals surface area contributed by atoms with Crippen LogP contribution in [0.4, 0.5) is 0 Å². The summed E-state index contributed by atoms with van der Waals surface area (Å²) in [6.07, 6.45) is 0.973. The number of imidazole rings is 1. The summed E-state index contributed by atoms with van der Waals surface area (Å²) >= 11 is 0. The summed E-state index contributed by atoms with van der Waals surface area (Å²) in [5, 5.41) is 8.66. The smallest absolute Gasteiger partial charge is 0.159 e. The van der Waals surface area contributed by atoms with Crippen molar-refractivity contribution in [2.24, 2.45) is 0 Å². The molecule has 3 heterocycles. The monoisotopic (exact) mass is 329 g/mol. The highest BCUT2D eigenvalue weighted by molar-refractivity contribution is 5.91. The predicted molar refractivity (Wildman–Crippen MR) is 97.9 cm³/mol. The van der Waals surface area contributed by atoms with Gasteiger partial charge in [0.1, 0.15) is 5.69 Å². The summed E-state index contributed by atoms with van der Waals surface area (Å²) in [5.41, 5.74) is 5.68. The van der Waals surface area contributed by atoms with E-state index in [1.54, 1.807) is 0 Å². The van der Waals surface area contributed by atoms with Crippen LogP contribution in [0.1, 0.15) is 17.0 Å². The topological polar surface area (TPSA) is 60.6 Å². The molecule has 124 valence electrons. The second-order valence-electron chi connectivity index (χ2n) is 6.57. The maximum atomic E-state index is 4.82. The highest BCUT2D eigenvalue weighted by Gasteiger charge is 2.22. The van der Waals surface area contributed by atoms with Crippen LogP contribution < -0.4 is 0 Å². The van der Waals surface area contributed by atoms with E-state index in [2.05, 4.69) is 56.5 Å². The van der Waals surface area contributed by atoms with Crippen LogP contribution in [0.2, 0.25) is 0 Å². The van der Waals surface area contributed by atoms with Crippen LogP contribution in [0.5, 0.6) is 0 Å². The Labute approximate surface area is 145 Å². The summed E-state index contributed by atoms with van der Waals surface area (Å²) in [4.78, 5) is 10.8. The third-order valence-electron chi connectivity index (χ3n) is 4.85. The zero-order valence-electron chi connectivity index (χ0n) is 13.9. The maximum absolute atomic E-state index is 4.82. The summed E-state index contributed by atoms with van der Waals surface area (Å²) in [5.74, 6) is 0.865. The molecule has 5 nitrogen and oxygen atoms in total. The van der Waals surface area contributed by atoms with Gasteiger partial charge in [-0.25, -0.2) is 4.98 Å². The molecule has 2 aromatic carbocycles. The number of H-pyrrole nitrogens is 2. The molecule has 0 fully saturated rings. The Morgan fingerprint density at radius 2 is 1.84 bits per heavy atom. The van der Waals surface area contributed by atoms with Gasteiger partial charge in [0.15, 0.2) is 5.82 Å². The van der Waals surface area contributed by atoms with Gasteiger partial charge in [-0.1, -0.05) is 48.5 Å². The van der Waals surface area contributed by atoms with Gasteiger partial charge in [-0.15, -0.1) is 0 Å². The SMILES string of the molecule is c1ccc(CN2CCc3nc(-c4n[nH]c5ccccc45)[nH]c3C2)cc1. The fraction of sp³-hybridized carbons (Fsp3) is 0.200. The van der Waals surface area contributed by atoms with Crippen LogP contribution in [0.25, 0.3) is 22.4 Å². The van der Waals surface area contributed by atoms with Gasteiger partial charge in [0.05, 0.1) is 16.9 Å². The quantitative estimate of drug-likeness (QED) is 0.605. The Bertz CT molecular complexity index is 1010. The lowest BCUT2D eigenvalue weighted by Gasteiger charge is -2.25. The molecule has 0 saturated heterocycles. The minimum Gasteiger partial charge on any atom is -0.339 e. The Morgan fingerprint density at radius 3 is 2.76 bits per heavy atom. The fourth-order valence-corrected chi connectivity index (χ4v) is 3.58. The largest absolute Gasteiger partial charge is 0.339 e. The number of benzene rings is 2. The van der Waals surface area contributed by atoms with E-state index in [9.17, 15) is 0 Å². The van der Waals surface area contributed by atoms with Crippen molar-refractivity contribution in [3.05, 3.63) is 71.5 Å². The molecule has 0 unspecified atom stereocenters. The molecular formula is C20H19N5. The molecule has 1 aliphatic rings. The molecule has 0 amide bonds. The van der Waals surface area contributed by atoms with Crippen LogP contribution in [0.15, 0.2) is 54.6 Å². The van der Waals surface area contributed by atoms with E-state index >= 15 is 0 Å². The summed E-state index contributed by atoms with van der Waals surface area (Å²) < 4.78 is 0. The van der Waals surface area contributed by atoms with Gasteiger partial charge in [0.25, 0.3) is 0 Å². The van der Waals surface area contributed by atoms with Gasteiger partial charge in [-0.3, -0.25) is 10.00 Å². The van der Waals surface area contributed by atoms with Crippen molar-refractivity contribution in [1.29, 1.82) is 0 Å². The minimum absolute atomic E-state index is 0.865. The van der Waals surface area contributed by atoms with Crippen molar-refractivity contribution >= 4 is 10.9 Å². The fourth-order valence-electron chi connectivity index (χ4n) is 3.58. The van der Waals surface area contributed by atoms with Gasteiger partial charge in [-0.2, -0.15) is 5.10 Å². The normalized spacial score (nSPS) is 14.7. The van der Waals surface area contributed by atoms with E-state index < -0.39 is 0 Å². The molecule has 0 radical (unpaired) electrons. The lowest BCUT2D eigenvalue weighted by atomic mass is 10.1.